The normalized spacial score (nSPS) is 19.8. The summed E-state index contributed by atoms with van der Waals surface area (Å²) in [5.74, 6) is 0.651. The summed E-state index contributed by atoms with van der Waals surface area (Å²) in [7, 11) is 0. The molecule has 2 atom stereocenters. The molecule has 1 aliphatic rings. The molecule has 2 aromatic carbocycles. The Labute approximate surface area is 183 Å². The highest BCUT2D eigenvalue weighted by atomic mass is 127. The molecule has 0 aromatic heterocycles. The van der Waals surface area contributed by atoms with Crippen molar-refractivity contribution in [2.24, 2.45) is 5.92 Å². The van der Waals surface area contributed by atoms with E-state index in [1.165, 1.54) is 18.4 Å². The van der Waals surface area contributed by atoms with Gasteiger partial charge < -0.3 is 4.90 Å². The van der Waals surface area contributed by atoms with Crippen molar-refractivity contribution in [3.8, 4) is 0 Å². The maximum atomic E-state index is 12.9. The smallest absolute Gasteiger partial charge is 0.227 e. The van der Waals surface area contributed by atoms with Crippen LogP contribution in [0.4, 0.5) is 5.69 Å². The van der Waals surface area contributed by atoms with Gasteiger partial charge in [-0.2, -0.15) is 0 Å². The van der Waals surface area contributed by atoms with Gasteiger partial charge in [-0.15, -0.1) is 0 Å². The van der Waals surface area contributed by atoms with Gasteiger partial charge >= 0.3 is 0 Å². The van der Waals surface area contributed by atoms with Gasteiger partial charge in [0.05, 0.1) is 0 Å². The number of nitrogens with zero attached hydrogens (tertiary/aromatic N) is 2. The van der Waals surface area contributed by atoms with Crippen molar-refractivity contribution in [1.29, 1.82) is 0 Å². The fourth-order valence-corrected chi connectivity index (χ4v) is 5.23. The molecule has 0 radical (unpaired) electrons. The molecule has 2 unspecified atom stereocenters. The zero-order chi connectivity index (χ0) is 20.0. The molecule has 1 aliphatic heterocycles. The van der Waals surface area contributed by atoms with Gasteiger partial charge in [-0.1, -0.05) is 78.0 Å². The van der Waals surface area contributed by atoms with Gasteiger partial charge in [-0.25, -0.2) is 0 Å². The van der Waals surface area contributed by atoms with Crippen LogP contribution >= 0.6 is 22.6 Å². The molecule has 1 amide bonds. The van der Waals surface area contributed by atoms with Crippen LogP contribution in [-0.2, 0) is 11.2 Å². The Morgan fingerprint density at radius 2 is 1.79 bits per heavy atom. The second-order valence-corrected chi connectivity index (χ2v) is 10.0. The van der Waals surface area contributed by atoms with Crippen LogP contribution in [0.3, 0.4) is 0 Å². The van der Waals surface area contributed by atoms with E-state index in [0.717, 1.165) is 31.7 Å². The van der Waals surface area contributed by atoms with Gasteiger partial charge in [-0.3, -0.25) is 9.69 Å². The molecule has 1 heterocycles. The molecular weight excluding hydrogens is 459 g/mol. The molecule has 0 saturated carbocycles. The standard InChI is InChI=1S/C24H31IN2O/c1-3-23(28)27(22-14-8-5-9-15-22)24(2,25)21-13-10-17-26(19-21)18-16-20-11-6-4-7-12-20/h4-9,11-12,14-15,21H,3,10,13,16-19H2,1-2H3. The summed E-state index contributed by atoms with van der Waals surface area (Å²) in [6.07, 6.45) is 3.97. The lowest BCUT2D eigenvalue weighted by Crippen LogP contribution is -2.55. The van der Waals surface area contributed by atoms with Gasteiger partial charge in [0, 0.05) is 31.1 Å². The first-order valence-corrected chi connectivity index (χ1v) is 11.4. The Bertz CT molecular complexity index is 748. The number of alkyl halides is 1. The van der Waals surface area contributed by atoms with Gasteiger partial charge in [0.25, 0.3) is 0 Å². The molecule has 1 saturated heterocycles. The molecule has 28 heavy (non-hydrogen) atoms. The van der Waals surface area contributed by atoms with E-state index in [1.807, 2.05) is 30.0 Å². The van der Waals surface area contributed by atoms with Gasteiger partial charge in [0.15, 0.2) is 0 Å². The van der Waals surface area contributed by atoms with Crippen LogP contribution < -0.4 is 4.90 Å². The minimum Gasteiger partial charge on any atom is -0.303 e. The predicted molar refractivity (Wildman–Crippen MR) is 126 cm³/mol. The van der Waals surface area contributed by atoms with Crippen molar-refractivity contribution in [3.63, 3.8) is 0 Å². The number of carbonyl (C=O) groups excluding carboxylic acids is 1. The first-order chi connectivity index (χ1) is 13.5. The first kappa shape index (κ1) is 21.3. The highest BCUT2D eigenvalue weighted by molar-refractivity contribution is 14.1. The molecule has 0 N–H and O–H groups in total. The molecule has 150 valence electrons. The van der Waals surface area contributed by atoms with Crippen LogP contribution in [0.25, 0.3) is 0 Å². The summed E-state index contributed by atoms with van der Waals surface area (Å²) < 4.78 is -0.238. The SMILES string of the molecule is CCC(=O)N(c1ccccc1)C(C)(I)C1CCCN(CCc2ccccc2)C1. The zero-order valence-corrected chi connectivity index (χ0v) is 19.1. The third-order valence-corrected chi connectivity index (χ3v) is 7.18. The van der Waals surface area contributed by atoms with Crippen LogP contribution in [0.5, 0.6) is 0 Å². The van der Waals surface area contributed by atoms with E-state index in [1.54, 1.807) is 0 Å². The number of halogens is 1. The van der Waals surface area contributed by atoms with E-state index in [0.29, 0.717) is 12.3 Å². The largest absolute Gasteiger partial charge is 0.303 e. The first-order valence-electron chi connectivity index (χ1n) is 10.4. The molecule has 3 rings (SSSR count). The monoisotopic (exact) mass is 490 g/mol. The van der Waals surface area contributed by atoms with E-state index in [4.69, 9.17) is 0 Å². The van der Waals surface area contributed by atoms with E-state index >= 15 is 0 Å². The Kier molecular flexibility index (Phi) is 7.52. The van der Waals surface area contributed by atoms with Crippen molar-refractivity contribution >= 4 is 34.2 Å². The summed E-state index contributed by atoms with van der Waals surface area (Å²) in [6.45, 7) is 7.48. The fraction of sp³-hybridized carbons (Fsp3) is 0.458. The summed E-state index contributed by atoms with van der Waals surface area (Å²) in [4.78, 5) is 17.5. The van der Waals surface area contributed by atoms with Crippen molar-refractivity contribution in [1.82, 2.24) is 4.90 Å². The van der Waals surface area contributed by atoms with Gasteiger partial charge in [-0.05, 0) is 50.4 Å². The third kappa shape index (κ3) is 5.15. The van der Waals surface area contributed by atoms with Crippen molar-refractivity contribution < 1.29 is 4.79 Å². The van der Waals surface area contributed by atoms with E-state index in [-0.39, 0.29) is 9.45 Å². The average Bonchev–Trinajstić information content (AvgIpc) is 2.74. The number of hydrogen-bond donors (Lipinski definition) is 0. The highest BCUT2D eigenvalue weighted by Gasteiger charge is 2.42. The number of rotatable bonds is 7. The van der Waals surface area contributed by atoms with Crippen molar-refractivity contribution in [3.05, 3.63) is 66.2 Å². The quantitative estimate of drug-likeness (QED) is 0.289. The number of carbonyl (C=O) groups is 1. The number of piperidine rings is 1. The molecule has 3 nitrogen and oxygen atoms in total. The number of benzene rings is 2. The Hall–Kier alpha value is -1.40. The van der Waals surface area contributed by atoms with Gasteiger partial charge in [0.1, 0.15) is 3.55 Å². The molecule has 4 heteroatoms. The third-order valence-electron chi connectivity index (χ3n) is 5.81. The zero-order valence-electron chi connectivity index (χ0n) is 17.0. The Morgan fingerprint density at radius 3 is 2.43 bits per heavy atom. The number of anilines is 1. The lowest BCUT2D eigenvalue weighted by atomic mass is 9.89. The maximum absolute atomic E-state index is 12.9. The van der Waals surface area contributed by atoms with Crippen molar-refractivity contribution in [2.75, 3.05) is 24.5 Å². The topological polar surface area (TPSA) is 23.6 Å². The van der Waals surface area contributed by atoms with E-state index in [2.05, 4.69) is 76.9 Å². The molecular formula is C24H31IN2O. The number of amides is 1. The molecule has 0 bridgehead atoms. The number of para-hydroxylation sites is 1. The lowest BCUT2D eigenvalue weighted by Gasteiger charge is -2.46. The molecule has 0 spiro atoms. The summed E-state index contributed by atoms with van der Waals surface area (Å²) in [5.41, 5.74) is 2.40. The molecule has 1 fully saturated rings. The van der Waals surface area contributed by atoms with Crippen LogP contribution in [-0.4, -0.2) is 34.0 Å². The second-order valence-electron chi connectivity index (χ2n) is 7.82. The Morgan fingerprint density at radius 1 is 1.14 bits per heavy atom. The number of hydrogen-bond acceptors (Lipinski definition) is 2. The highest BCUT2D eigenvalue weighted by Crippen LogP contribution is 2.40. The Balaban J connectivity index is 1.72. The van der Waals surface area contributed by atoms with Crippen LogP contribution in [0, 0.1) is 5.92 Å². The maximum Gasteiger partial charge on any atom is 0.227 e. The summed E-state index contributed by atoms with van der Waals surface area (Å²) in [5, 5.41) is 0. The second kappa shape index (κ2) is 9.88. The lowest BCUT2D eigenvalue weighted by molar-refractivity contribution is -0.119. The van der Waals surface area contributed by atoms with Gasteiger partial charge in [0.2, 0.25) is 5.91 Å². The van der Waals surface area contributed by atoms with Crippen LogP contribution in [0.1, 0.15) is 38.7 Å². The minimum absolute atomic E-state index is 0.199. The van der Waals surface area contributed by atoms with Crippen LogP contribution in [0.15, 0.2) is 60.7 Å². The van der Waals surface area contributed by atoms with E-state index < -0.39 is 0 Å². The van der Waals surface area contributed by atoms with E-state index in [9.17, 15) is 4.79 Å². The molecule has 0 aliphatic carbocycles. The van der Waals surface area contributed by atoms with Crippen molar-refractivity contribution in [2.45, 2.75) is 43.1 Å². The fourth-order valence-electron chi connectivity index (χ4n) is 4.18. The van der Waals surface area contributed by atoms with Crippen LogP contribution in [0.2, 0.25) is 0 Å². The predicted octanol–water partition coefficient (Wildman–Crippen LogP) is 5.54. The minimum atomic E-state index is -0.238. The number of likely N-dealkylation sites (tertiary alicyclic amines) is 1. The molecule has 2 aromatic rings. The summed E-state index contributed by atoms with van der Waals surface area (Å²) in [6, 6.07) is 20.9. The summed E-state index contributed by atoms with van der Waals surface area (Å²) >= 11 is 2.53. The average molecular weight is 490 g/mol.